The monoisotopic (exact) mass is 384 g/mol. The summed E-state index contributed by atoms with van der Waals surface area (Å²) >= 11 is 7.36. The number of benzene rings is 1. The lowest BCUT2D eigenvalue weighted by atomic mass is 10.1. The topological polar surface area (TPSA) is 58.5 Å². The van der Waals surface area contributed by atoms with E-state index in [9.17, 15) is 8.42 Å². The third kappa shape index (κ3) is 4.37. The number of rotatable bonds is 6. The fraction of sp³-hybridized carbons (Fsp3) is 0.353. The van der Waals surface area contributed by atoms with Crippen LogP contribution in [0.5, 0.6) is 0 Å². The number of hydrazone groups is 1. The Morgan fingerprint density at radius 2 is 1.83 bits per heavy atom. The van der Waals surface area contributed by atoms with Crippen molar-refractivity contribution in [2.45, 2.75) is 45.4 Å². The van der Waals surface area contributed by atoms with Crippen molar-refractivity contribution in [1.82, 2.24) is 4.83 Å². The van der Waals surface area contributed by atoms with Crippen molar-refractivity contribution >= 4 is 38.7 Å². The molecule has 130 valence electrons. The van der Waals surface area contributed by atoms with Crippen LogP contribution in [0.15, 0.2) is 34.3 Å². The summed E-state index contributed by atoms with van der Waals surface area (Å²) in [6, 6.07) is 7.36. The van der Waals surface area contributed by atoms with Crippen LogP contribution in [0.3, 0.4) is 0 Å². The van der Waals surface area contributed by atoms with Gasteiger partial charge in [-0.25, -0.2) is 0 Å². The van der Waals surface area contributed by atoms with Crippen LogP contribution >= 0.6 is 22.9 Å². The molecule has 0 aliphatic carbocycles. The number of thiophene rings is 1. The van der Waals surface area contributed by atoms with Gasteiger partial charge in [-0.15, -0.1) is 11.3 Å². The molecule has 2 aromatic rings. The predicted octanol–water partition coefficient (Wildman–Crippen LogP) is 4.81. The zero-order valence-electron chi connectivity index (χ0n) is 14.2. The van der Waals surface area contributed by atoms with Gasteiger partial charge in [0.05, 0.1) is 19.8 Å². The van der Waals surface area contributed by atoms with Gasteiger partial charge in [-0.1, -0.05) is 42.6 Å². The molecule has 0 radical (unpaired) electrons. The Balaban J connectivity index is 2.37. The first kappa shape index (κ1) is 19.0. The smallest absolute Gasteiger partial charge is 0.200 e. The third-order valence-corrected chi connectivity index (χ3v) is 6.31. The van der Waals surface area contributed by atoms with Gasteiger partial charge in [0.25, 0.3) is 10.0 Å². The van der Waals surface area contributed by atoms with Crippen LogP contribution in [-0.2, 0) is 10.0 Å². The molecule has 1 aromatic carbocycles. The predicted molar refractivity (Wildman–Crippen MR) is 102 cm³/mol. The maximum Gasteiger partial charge on any atom is 0.277 e. The summed E-state index contributed by atoms with van der Waals surface area (Å²) < 4.78 is 26.0. The normalized spacial score (nSPS) is 12.5. The van der Waals surface area contributed by atoms with E-state index < -0.39 is 10.0 Å². The van der Waals surface area contributed by atoms with Crippen LogP contribution in [0.25, 0.3) is 0 Å². The quantitative estimate of drug-likeness (QED) is 0.573. The van der Waals surface area contributed by atoms with E-state index in [2.05, 4.69) is 9.93 Å². The van der Waals surface area contributed by atoms with Crippen LogP contribution in [0.2, 0.25) is 4.34 Å². The second-order valence-corrected chi connectivity index (χ2v) is 9.05. The van der Waals surface area contributed by atoms with Crippen molar-refractivity contribution in [2.75, 3.05) is 0 Å². The van der Waals surface area contributed by atoms with Gasteiger partial charge in [0.2, 0.25) is 0 Å². The number of nitrogens with zero attached hydrogens (tertiary/aromatic N) is 1. The SMILES string of the molecule is CCC/C(=N/NS(=O)(=O)c1c(C)cc(C)cc1C)c1ccc(Cl)s1. The van der Waals surface area contributed by atoms with Gasteiger partial charge >= 0.3 is 0 Å². The largest absolute Gasteiger partial charge is 0.277 e. The Labute approximate surface area is 152 Å². The highest BCUT2D eigenvalue weighted by molar-refractivity contribution is 7.89. The molecular weight excluding hydrogens is 364 g/mol. The highest BCUT2D eigenvalue weighted by Crippen LogP contribution is 2.24. The zero-order chi connectivity index (χ0) is 17.9. The number of nitrogens with one attached hydrogen (secondary N) is 1. The van der Waals surface area contributed by atoms with Gasteiger partial charge in [0.1, 0.15) is 0 Å². The molecule has 0 amide bonds. The number of halogens is 1. The second-order valence-electron chi connectivity index (χ2n) is 5.73. The Morgan fingerprint density at radius 1 is 1.21 bits per heavy atom. The minimum Gasteiger partial charge on any atom is -0.200 e. The van der Waals surface area contributed by atoms with Gasteiger partial charge in [0, 0.05) is 0 Å². The van der Waals surface area contributed by atoms with E-state index >= 15 is 0 Å². The third-order valence-electron chi connectivity index (χ3n) is 3.52. The molecule has 0 saturated carbocycles. The molecule has 0 unspecified atom stereocenters. The lowest BCUT2D eigenvalue weighted by molar-refractivity contribution is 0.583. The minimum absolute atomic E-state index is 0.289. The van der Waals surface area contributed by atoms with E-state index in [1.807, 2.05) is 32.0 Å². The van der Waals surface area contributed by atoms with Crippen LogP contribution in [0.1, 0.15) is 41.3 Å². The van der Waals surface area contributed by atoms with Gasteiger partial charge < -0.3 is 0 Å². The summed E-state index contributed by atoms with van der Waals surface area (Å²) in [5, 5.41) is 4.18. The Kier molecular flexibility index (Phi) is 6.06. The number of sulfonamides is 1. The average molecular weight is 385 g/mol. The van der Waals surface area contributed by atoms with E-state index in [0.717, 1.165) is 16.9 Å². The average Bonchev–Trinajstić information content (AvgIpc) is 2.88. The van der Waals surface area contributed by atoms with Crippen molar-refractivity contribution in [1.29, 1.82) is 0 Å². The molecule has 1 N–H and O–H groups in total. The maximum absolute atomic E-state index is 12.7. The van der Waals surface area contributed by atoms with E-state index in [1.165, 1.54) is 11.3 Å². The molecule has 0 atom stereocenters. The summed E-state index contributed by atoms with van der Waals surface area (Å²) in [7, 11) is -3.72. The Bertz CT molecular complexity index is 847. The molecule has 2 rings (SSSR count). The molecule has 1 aromatic heterocycles. The van der Waals surface area contributed by atoms with Crippen molar-refractivity contribution in [3.05, 3.63) is 50.2 Å². The number of aryl methyl sites for hydroxylation is 3. The van der Waals surface area contributed by atoms with E-state index in [1.54, 1.807) is 19.9 Å². The van der Waals surface area contributed by atoms with E-state index in [-0.39, 0.29) is 4.90 Å². The van der Waals surface area contributed by atoms with E-state index in [4.69, 9.17) is 11.6 Å². The highest BCUT2D eigenvalue weighted by atomic mass is 35.5. The molecule has 0 aliphatic heterocycles. The lowest BCUT2D eigenvalue weighted by Gasteiger charge is -2.12. The first-order valence-corrected chi connectivity index (χ1v) is 10.3. The van der Waals surface area contributed by atoms with Crippen molar-refractivity contribution < 1.29 is 8.42 Å². The van der Waals surface area contributed by atoms with Gasteiger partial charge in [-0.05, 0) is 50.5 Å². The molecule has 0 fully saturated rings. The second kappa shape index (κ2) is 7.68. The molecule has 0 spiro atoms. The zero-order valence-corrected chi connectivity index (χ0v) is 16.6. The molecule has 0 bridgehead atoms. The van der Waals surface area contributed by atoms with Gasteiger partial charge in [0.15, 0.2) is 0 Å². The van der Waals surface area contributed by atoms with Crippen LogP contribution in [-0.4, -0.2) is 14.1 Å². The first-order valence-electron chi connectivity index (χ1n) is 7.66. The lowest BCUT2D eigenvalue weighted by Crippen LogP contribution is -2.22. The summed E-state index contributed by atoms with van der Waals surface area (Å²) in [5.41, 5.74) is 3.16. The molecular formula is C17H21ClN2O2S2. The number of hydrogen-bond donors (Lipinski definition) is 1. The van der Waals surface area contributed by atoms with Crippen molar-refractivity contribution in [3.8, 4) is 0 Å². The minimum atomic E-state index is -3.72. The van der Waals surface area contributed by atoms with E-state index in [0.29, 0.717) is 27.6 Å². The summed E-state index contributed by atoms with van der Waals surface area (Å²) in [6.45, 7) is 7.56. The molecule has 1 heterocycles. The van der Waals surface area contributed by atoms with Crippen molar-refractivity contribution in [3.63, 3.8) is 0 Å². The fourth-order valence-corrected chi connectivity index (χ4v) is 5.04. The van der Waals surface area contributed by atoms with Gasteiger partial charge in [-0.3, -0.25) is 0 Å². The molecule has 0 aliphatic rings. The highest BCUT2D eigenvalue weighted by Gasteiger charge is 2.20. The summed E-state index contributed by atoms with van der Waals surface area (Å²) in [5.74, 6) is 0. The molecule has 4 nitrogen and oxygen atoms in total. The Hall–Kier alpha value is -1.37. The standard InChI is InChI=1S/C17H21ClN2O2S2/c1-5-6-14(15-7-8-16(18)23-15)19-20-24(21,22)17-12(3)9-11(2)10-13(17)4/h7-10,20H,5-6H2,1-4H3/b19-14-. The Morgan fingerprint density at radius 3 is 2.33 bits per heavy atom. The van der Waals surface area contributed by atoms with Crippen LogP contribution in [0, 0.1) is 20.8 Å². The first-order chi connectivity index (χ1) is 11.2. The summed E-state index contributed by atoms with van der Waals surface area (Å²) in [4.78, 5) is 3.56. The molecule has 7 heteroatoms. The molecule has 24 heavy (non-hydrogen) atoms. The van der Waals surface area contributed by atoms with Crippen molar-refractivity contribution in [2.24, 2.45) is 5.10 Å². The van der Waals surface area contributed by atoms with Gasteiger partial charge in [-0.2, -0.15) is 18.4 Å². The molecule has 0 saturated heterocycles. The van der Waals surface area contributed by atoms with Crippen LogP contribution in [0.4, 0.5) is 0 Å². The number of hydrogen-bond acceptors (Lipinski definition) is 4. The van der Waals surface area contributed by atoms with Crippen LogP contribution < -0.4 is 4.83 Å². The maximum atomic E-state index is 12.7. The fourth-order valence-electron chi connectivity index (χ4n) is 2.69. The summed E-state index contributed by atoms with van der Waals surface area (Å²) in [6.07, 6.45) is 1.53.